The molecule has 0 fully saturated rings. The van der Waals surface area contributed by atoms with E-state index in [1.165, 1.54) is 16.4 Å². The van der Waals surface area contributed by atoms with E-state index in [0.717, 1.165) is 0 Å². The third-order valence-corrected chi connectivity index (χ3v) is 5.44. The van der Waals surface area contributed by atoms with E-state index in [4.69, 9.17) is 0 Å². The molecule has 0 spiro atoms. The molecule has 21 heavy (non-hydrogen) atoms. The van der Waals surface area contributed by atoms with Gasteiger partial charge in [-0.3, -0.25) is 5.10 Å². The van der Waals surface area contributed by atoms with Crippen LogP contribution in [0, 0.1) is 19.7 Å². The van der Waals surface area contributed by atoms with E-state index in [-0.39, 0.29) is 17.3 Å². The topological polar surface area (TPSA) is 66.1 Å². The van der Waals surface area contributed by atoms with Crippen LogP contribution in [0.25, 0.3) is 0 Å². The van der Waals surface area contributed by atoms with Crippen LogP contribution in [0.2, 0.25) is 0 Å². The quantitative estimate of drug-likeness (QED) is 0.922. The number of H-pyrrole nitrogens is 1. The van der Waals surface area contributed by atoms with E-state index < -0.39 is 10.0 Å². The Labute approximate surface area is 123 Å². The van der Waals surface area contributed by atoms with E-state index in [0.29, 0.717) is 23.5 Å². The molecule has 0 saturated heterocycles. The third kappa shape index (κ3) is 3.14. The summed E-state index contributed by atoms with van der Waals surface area (Å²) in [5.41, 5.74) is 1.55. The van der Waals surface area contributed by atoms with Gasteiger partial charge < -0.3 is 0 Å². The number of aromatic nitrogens is 2. The number of aromatic amines is 1. The number of hydrogen-bond donors (Lipinski definition) is 1. The minimum atomic E-state index is -3.66. The Balaban J connectivity index is 2.37. The monoisotopic (exact) mass is 311 g/mol. The number of hydrogen-bond acceptors (Lipinski definition) is 3. The van der Waals surface area contributed by atoms with Crippen molar-refractivity contribution >= 4 is 10.0 Å². The molecule has 0 unspecified atom stereocenters. The summed E-state index contributed by atoms with van der Waals surface area (Å²) in [5.74, 6) is -0.378. The Morgan fingerprint density at radius 3 is 2.57 bits per heavy atom. The first-order chi connectivity index (χ1) is 9.86. The molecule has 0 atom stereocenters. The average molecular weight is 311 g/mol. The van der Waals surface area contributed by atoms with Gasteiger partial charge in [0.05, 0.1) is 11.4 Å². The van der Waals surface area contributed by atoms with Gasteiger partial charge in [0.2, 0.25) is 10.0 Å². The first-order valence-electron chi connectivity index (χ1n) is 6.62. The molecule has 2 aromatic rings. The number of halogens is 1. The summed E-state index contributed by atoms with van der Waals surface area (Å²) >= 11 is 0. The lowest BCUT2D eigenvalue weighted by Gasteiger charge is -2.20. The summed E-state index contributed by atoms with van der Waals surface area (Å²) in [4.78, 5) is 0.195. The van der Waals surface area contributed by atoms with Gasteiger partial charge in [0, 0.05) is 13.1 Å². The number of nitrogens with zero attached hydrogens (tertiary/aromatic N) is 2. The van der Waals surface area contributed by atoms with E-state index in [2.05, 4.69) is 10.2 Å². The number of aryl methyl sites for hydroxylation is 2. The molecule has 0 aliphatic carbocycles. The van der Waals surface area contributed by atoms with Crippen molar-refractivity contribution in [2.75, 3.05) is 6.54 Å². The SMILES string of the molecule is CCN(Cc1cccc(F)c1)S(=O)(=O)c1c(C)n[nH]c1C. The lowest BCUT2D eigenvalue weighted by Crippen LogP contribution is -2.31. The van der Waals surface area contributed by atoms with Gasteiger partial charge in [-0.15, -0.1) is 0 Å². The maximum atomic E-state index is 13.2. The van der Waals surface area contributed by atoms with E-state index in [1.54, 1.807) is 32.9 Å². The zero-order valence-corrected chi connectivity index (χ0v) is 13.0. The summed E-state index contributed by atoms with van der Waals surface area (Å²) < 4.78 is 40.0. The second kappa shape index (κ2) is 5.95. The molecule has 0 radical (unpaired) electrons. The Bertz CT molecular complexity index is 721. The molecule has 0 aliphatic heterocycles. The van der Waals surface area contributed by atoms with Crippen LogP contribution in [-0.4, -0.2) is 29.5 Å². The maximum Gasteiger partial charge on any atom is 0.247 e. The van der Waals surface area contributed by atoms with E-state index in [1.807, 2.05) is 0 Å². The van der Waals surface area contributed by atoms with Crippen LogP contribution >= 0.6 is 0 Å². The minimum Gasteiger partial charge on any atom is -0.281 e. The molecule has 0 bridgehead atoms. The van der Waals surface area contributed by atoms with Gasteiger partial charge in [0.1, 0.15) is 10.7 Å². The largest absolute Gasteiger partial charge is 0.281 e. The highest BCUT2D eigenvalue weighted by molar-refractivity contribution is 7.89. The van der Waals surface area contributed by atoms with E-state index >= 15 is 0 Å². The predicted molar refractivity (Wildman–Crippen MR) is 77.7 cm³/mol. The minimum absolute atomic E-state index is 0.126. The second-order valence-corrected chi connectivity index (χ2v) is 6.70. The van der Waals surface area contributed by atoms with Crippen LogP contribution in [0.4, 0.5) is 4.39 Å². The molecule has 1 heterocycles. The Kier molecular flexibility index (Phi) is 4.43. The van der Waals surface area contributed by atoms with Crippen molar-refractivity contribution in [1.82, 2.24) is 14.5 Å². The highest BCUT2D eigenvalue weighted by atomic mass is 32.2. The van der Waals surface area contributed by atoms with Crippen molar-refractivity contribution in [2.45, 2.75) is 32.2 Å². The summed E-state index contributed by atoms with van der Waals surface area (Å²) in [6.45, 7) is 5.49. The summed E-state index contributed by atoms with van der Waals surface area (Å²) in [7, 11) is -3.66. The van der Waals surface area contributed by atoms with Gasteiger partial charge in [-0.25, -0.2) is 12.8 Å². The highest BCUT2D eigenvalue weighted by Crippen LogP contribution is 2.23. The molecular weight excluding hydrogens is 293 g/mol. The predicted octanol–water partition coefficient (Wildman–Crippen LogP) is 2.38. The summed E-state index contributed by atoms with van der Waals surface area (Å²) in [5, 5.41) is 6.61. The molecule has 2 rings (SSSR count). The lowest BCUT2D eigenvalue weighted by atomic mass is 10.2. The highest BCUT2D eigenvalue weighted by Gasteiger charge is 2.28. The number of benzene rings is 1. The number of rotatable bonds is 5. The molecular formula is C14H18FN3O2S. The third-order valence-electron chi connectivity index (χ3n) is 3.26. The normalized spacial score (nSPS) is 12.0. The molecule has 5 nitrogen and oxygen atoms in total. The number of sulfonamides is 1. The molecule has 0 amide bonds. The van der Waals surface area contributed by atoms with Gasteiger partial charge in [0.15, 0.2) is 0 Å². The zero-order valence-electron chi connectivity index (χ0n) is 12.2. The van der Waals surface area contributed by atoms with Crippen LogP contribution in [-0.2, 0) is 16.6 Å². The van der Waals surface area contributed by atoms with Crippen LogP contribution < -0.4 is 0 Å². The van der Waals surface area contributed by atoms with Gasteiger partial charge in [-0.05, 0) is 31.5 Å². The van der Waals surface area contributed by atoms with Crippen LogP contribution in [0.1, 0.15) is 23.9 Å². The Morgan fingerprint density at radius 2 is 2.05 bits per heavy atom. The molecule has 0 saturated carbocycles. The standard InChI is InChI=1S/C14H18FN3O2S/c1-4-18(9-12-6-5-7-13(15)8-12)21(19,20)14-10(2)16-17-11(14)3/h5-8H,4,9H2,1-3H3,(H,16,17). The second-order valence-electron chi connectivity index (χ2n) is 4.82. The van der Waals surface area contributed by atoms with Gasteiger partial charge in [-0.2, -0.15) is 9.40 Å². The maximum absolute atomic E-state index is 13.2. The molecule has 114 valence electrons. The van der Waals surface area contributed by atoms with Crippen LogP contribution in [0.15, 0.2) is 29.2 Å². The van der Waals surface area contributed by atoms with Gasteiger partial charge >= 0.3 is 0 Å². The fourth-order valence-electron chi connectivity index (χ4n) is 2.26. The van der Waals surface area contributed by atoms with Crippen molar-refractivity contribution < 1.29 is 12.8 Å². The molecule has 0 aliphatic rings. The van der Waals surface area contributed by atoms with E-state index in [9.17, 15) is 12.8 Å². The molecule has 1 N–H and O–H groups in total. The zero-order chi connectivity index (χ0) is 15.6. The average Bonchev–Trinajstić information content (AvgIpc) is 2.76. The number of nitrogens with one attached hydrogen (secondary N) is 1. The lowest BCUT2D eigenvalue weighted by molar-refractivity contribution is 0.422. The smallest absolute Gasteiger partial charge is 0.247 e. The van der Waals surface area contributed by atoms with Crippen molar-refractivity contribution in [3.63, 3.8) is 0 Å². The van der Waals surface area contributed by atoms with Crippen molar-refractivity contribution in [2.24, 2.45) is 0 Å². The van der Waals surface area contributed by atoms with Gasteiger partial charge in [-0.1, -0.05) is 19.1 Å². The van der Waals surface area contributed by atoms with Crippen LogP contribution in [0.5, 0.6) is 0 Å². The molecule has 1 aromatic heterocycles. The molecule has 7 heteroatoms. The fraction of sp³-hybridized carbons (Fsp3) is 0.357. The van der Waals surface area contributed by atoms with Crippen molar-refractivity contribution in [3.8, 4) is 0 Å². The van der Waals surface area contributed by atoms with Crippen molar-refractivity contribution in [1.29, 1.82) is 0 Å². The first-order valence-corrected chi connectivity index (χ1v) is 8.06. The summed E-state index contributed by atoms with van der Waals surface area (Å²) in [6, 6.07) is 5.95. The Hall–Kier alpha value is -1.73. The van der Waals surface area contributed by atoms with Crippen molar-refractivity contribution in [3.05, 3.63) is 47.0 Å². The first kappa shape index (κ1) is 15.7. The van der Waals surface area contributed by atoms with Gasteiger partial charge in [0.25, 0.3) is 0 Å². The fourth-order valence-corrected chi connectivity index (χ4v) is 4.02. The van der Waals surface area contributed by atoms with Crippen LogP contribution in [0.3, 0.4) is 0 Å². The summed E-state index contributed by atoms with van der Waals surface area (Å²) in [6.07, 6.45) is 0. The Morgan fingerprint density at radius 1 is 1.33 bits per heavy atom. The molecule has 1 aromatic carbocycles.